The van der Waals surface area contributed by atoms with Crippen LogP contribution in [0.25, 0.3) is 0 Å². The molecule has 1 N–H and O–H groups in total. The number of rotatable bonds is 2. The molecular formula is C14H17ClN2O. The number of nitrogens with one attached hydrogen (secondary N) is 1. The lowest BCUT2D eigenvalue weighted by Crippen LogP contribution is -2.49. The third-order valence-corrected chi connectivity index (χ3v) is 3.41. The molecule has 1 aromatic rings. The fraction of sp³-hybridized carbons (Fsp3) is 0.500. The van der Waals surface area contributed by atoms with Crippen molar-refractivity contribution < 1.29 is 4.74 Å². The molecule has 1 fully saturated rings. The lowest BCUT2D eigenvalue weighted by molar-refractivity contribution is -0.0659. The number of nitrogens with zero attached hydrogens (tertiary/aromatic N) is 1. The van der Waals surface area contributed by atoms with Crippen LogP contribution >= 0.6 is 11.6 Å². The van der Waals surface area contributed by atoms with Crippen molar-refractivity contribution >= 4 is 17.3 Å². The Morgan fingerprint density at radius 1 is 1.44 bits per heavy atom. The zero-order valence-electron chi connectivity index (χ0n) is 10.7. The molecule has 18 heavy (non-hydrogen) atoms. The van der Waals surface area contributed by atoms with Crippen molar-refractivity contribution in [3.05, 3.63) is 29.3 Å². The molecule has 1 unspecified atom stereocenters. The normalized spacial score (nSPS) is 26.3. The van der Waals surface area contributed by atoms with Crippen molar-refractivity contribution in [2.75, 3.05) is 11.9 Å². The monoisotopic (exact) mass is 264 g/mol. The minimum Gasteiger partial charge on any atom is -0.375 e. The van der Waals surface area contributed by atoms with Gasteiger partial charge >= 0.3 is 0 Å². The summed E-state index contributed by atoms with van der Waals surface area (Å²) < 4.78 is 5.67. The lowest BCUT2D eigenvalue weighted by atomic mass is 9.82. The van der Waals surface area contributed by atoms with Crippen LogP contribution < -0.4 is 5.32 Å². The first kappa shape index (κ1) is 13.2. The van der Waals surface area contributed by atoms with E-state index in [1.54, 1.807) is 0 Å². The molecule has 3 nitrogen and oxygen atoms in total. The fourth-order valence-electron chi connectivity index (χ4n) is 2.44. The Kier molecular flexibility index (Phi) is 3.52. The number of halogens is 1. The highest BCUT2D eigenvalue weighted by molar-refractivity contribution is 6.30. The Morgan fingerprint density at radius 2 is 2.22 bits per heavy atom. The van der Waals surface area contributed by atoms with Gasteiger partial charge in [-0.05, 0) is 32.0 Å². The summed E-state index contributed by atoms with van der Waals surface area (Å²) in [5, 5.41) is 13.5. The van der Waals surface area contributed by atoms with E-state index in [4.69, 9.17) is 16.3 Å². The van der Waals surface area contributed by atoms with E-state index < -0.39 is 5.54 Å². The summed E-state index contributed by atoms with van der Waals surface area (Å²) in [5.74, 6) is 0. The highest BCUT2D eigenvalue weighted by atomic mass is 35.5. The Hall–Kier alpha value is -1.24. The van der Waals surface area contributed by atoms with E-state index in [9.17, 15) is 5.26 Å². The van der Waals surface area contributed by atoms with Gasteiger partial charge in [-0.1, -0.05) is 17.7 Å². The molecule has 1 aliphatic heterocycles. The summed E-state index contributed by atoms with van der Waals surface area (Å²) in [6, 6.07) is 9.86. The standard InChI is InChI=1S/C14H17ClN2O/c1-13(2)9-14(10-16,6-7-18-13)17-12-5-3-4-11(15)8-12/h3-5,8,17H,6-7,9H2,1-2H3. The van der Waals surface area contributed by atoms with Crippen molar-refractivity contribution in [1.29, 1.82) is 5.26 Å². The maximum absolute atomic E-state index is 9.50. The number of anilines is 1. The highest BCUT2D eigenvalue weighted by Gasteiger charge is 2.41. The molecule has 96 valence electrons. The van der Waals surface area contributed by atoms with Gasteiger partial charge in [0.25, 0.3) is 0 Å². The van der Waals surface area contributed by atoms with E-state index in [-0.39, 0.29) is 5.60 Å². The van der Waals surface area contributed by atoms with E-state index in [2.05, 4.69) is 11.4 Å². The van der Waals surface area contributed by atoms with Gasteiger partial charge in [0.05, 0.1) is 18.3 Å². The number of benzene rings is 1. The molecule has 4 heteroatoms. The molecule has 0 aromatic heterocycles. The van der Waals surface area contributed by atoms with Gasteiger partial charge in [-0.25, -0.2) is 0 Å². The van der Waals surface area contributed by atoms with Gasteiger partial charge in [0.2, 0.25) is 0 Å². The lowest BCUT2D eigenvalue weighted by Gasteiger charge is -2.41. The summed E-state index contributed by atoms with van der Waals surface area (Å²) in [5.41, 5.74) is 0.0214. The molecule has 1 saturated heterocycles. The second-order valence-electron chi connectivity index (χ2n) is 5.36. The summed E-state index contributed by atoms with van der Waals surface area (Å²) in [6.45, 7) is 4.62. The first-order valence-electron chi connectivity index (χ1n) is 6.04. The van der Waals surface area contributed by atoms with Gasteiger partial charge < -0.3 is 10.1 Å². The predicted octanol–water partition coefficient (Wildman–Crippen LogP) is 3.60. The summed E-state index contributed by atoms with van der Waals surface area (Å²) in [7, 11) is 0. The third-order valence-electron chi connectivity index (χ3n) is 3.17. The summed E-state index contributed by atoms with van der Waals surface area (Å²) >= 11 is 5.96. The van der Waals surface area contributed by atoms with Gasteiger partial charge in [-0.2, -0.15) is 5.26 Å². The van der Waals surface area contributed by atoms with Crippen molar-refractivity contribution in [3.63, 3.8) is 0 Å². The topological polar surface area (TPSA) is 45.0 Å². The van der Waals surface area contributed by atoms with Gasteiger partial charge in [0.1, 0.15) is 5.54 Å². The van der Waals surface area contributed by atoms with Crippen LogP contribution in [0.5, 0.6) is 0 Å². The first-order chi connectivity index (χ1) is 8.45. The van der Waals surface area contributed by atoms with E-state index >= 15 is 0 Å². The van der Waals surface area contributed by atoms with Crippen molar-refractivity contribution in [3.8, 4) is 6.07 Å². The van der Waals surface area contributed by atoms with E-state index in [0.717, 1.165) is 5.69 Å². The third kappa shape index (κ3) is 2.95. The molecule has 0 spiro atoms. The molecule has 1 aliphatic rings. The molecule has 2 rings (SSSR count). The second-order valence-corrected chi connectivity index (χ2v) is 5.80. The van der Waals surface area contributed by atoms with E-state index in [1.807, 2.05) is 38.1 Å². The van der Waals surface area contributed by atoms with E-state index in [0.29, 0.717) is 24.5 Å². The van der Waals surface area contributed by atoms with Gasteiger partial charge in [0.15, 0.2) is 0 Å². The number of ether oxygens (including phenoxy) is 1. The van der Waals surface area contributed by atoms with Gasteiger partial charge in [0, 0.05) is 23.6 Å². The second kappa shape index (κ2) is 4.79. The molecule has 0 aliphatic carbocycles. The molecule has 0 radical (unpaired) electrons. The van der Waals surface area contributed by atoms with Crippen LogP contribution in [0.15, 0.2) is 24.3 Å². The Balaban J connectivity index is 2.21. The fourth-order valence-corrected chi connectivity index (χ4v) is 2.63. The molecule has 1 heterocycles. The molecule has 1 atom stereocenters. The van der Waals surface area contributed by atoms with Crippen LogP contribution in [0.1, 0.15) is 26.7 Å². The van der Waals surface area contributed by atoms with Crippen LogP contribution in [0.3, 0.4) is 0 Å². The van der Waals surface area contributed by atoms with Crippen molar-refractivity contribution in [2.45, 2.75) is 37.8 Å². The molecule has 1 aromatic carbocycles. The predicted molar refractivity (Wildman–Crippen MR) is 72.7 cm³/mol. The molecule has 0 amide bonds. The van der Waals surface area contributed by atoms with Crippen LogP contribution in [0.4, 0.5) is 5.69 Å². The number of hydrogen-bond donors (Lipinski definition) is 1. The zero-order chi connectivity index (χ0) is 13.2. The van der Waals surface area contributed by atoms with Crippen LogP contribution in [0, 0.1) is 11.3 Å². The molecule has 0 saturated carbocycles. The smallest absolute Gasteiger partial charge is 0.130 e. The SMILES string of the molecule is CC1(C)CC(C#N)(Nc2cccc(Cl)c2)CCO1. The maximum Gasteiger partial charge on any atom is 0.130 e. The quantitative estimate of drug-likeness (QED) is 0.888. The maximum atomic E-state index is 9.50. The summed E-state index contributed by atoms with van der Waals surface area (Å²) in [6.07, 6.45) is 1.34. The molecular weight excluding hydrogens is 248 g/mol. The number of hydrogen-bond acceptors (Lipinski definition) is 3. The average molecular weight is 265 g/mol. The highest BCUT2D eigenvalue weighted by Crippen LogP contribution is 2.34. The Labute approximate surface area is 113 Å². The van der Waals surface area contributed by atoms with Gasteiger partial charge in [-0.3, -0.25) is 0 Å². The van der Waals surface area contributed by atoms with Crippen molar-refractivity contribution in [2.24, 2.45) is 0 Å². The van der Waals surface area contributed by atoms with Crippen LogP contribution in [-0.4, -0.2) is 17.7 Å². The minimum atomic E-state index is -0.577. The zero-order valence-corrected chi connectivity index (χ0v) is 11.4. The average Bonchev–Trinajstić information content (AvgIpc) is 2.27. The number of nitriles is 1. The molecule has 0 bridgehead atoms. The van der Waals surface area contributed by atoms with Gasteiger partial charge in [-0.15, -0.1) is 0 Å². The largest absolute Gasteiger partial charge is 0.375 e. The van der Waals surface area contributed by atoms with Crippen LogP contribution in [0.2, 0.25) is 5.02 Å². The minimum absolute atomic E-state index is 0.278. The van der Waals surface area contributed by atoms with Crippen LogP contribution in [-0.2, 0) is 4.74 Å². The summed E-state index contributed by atoms with van der Waals surface area (Å²) in [4.78, 5) is 0. The Bertz CT molecular complexity index is 481. The van der Waals surface area contributed by atoms with Crippen molar-refractivity contribution in [1.82, 2.24) is 0 Å². The first-order valence-corrected chi connectivity index (χ1v) is 6.42. The van der Waals surface area contributed by atoms with E-state index in [1.165, 1.54) is 0 Å². The Morgan fingerprint density at radius 3 is 2.83 bits per heavy atom.